The van der Waals surface area contributed by atoms with Crippen molar-refractivity contribution in [2.24, 2.45) is 4.99 Å². The molecule has 4 N–H and O–H groups in total. The molecule has 8 nitrogen and oxygen atoms in total. The fraction of sp³-hybridized carbons (Fsp3) is 0.450. The number of aromatic hydroxyl groups is 1. The standard InChI is InChI=1S/C20H29N5O3.HI/c1-4-16-15(18(5-2)28-25-16)13-24-20(21-6-3)23-12-11-22-19(27)14-9-7-8-10-17(14)26;/h7-10,26H,4-6,11-13H2,1-3H3,(H,22,27)(H2,21,23,24);1H. The summed E-state index contributed by atoms with van der Waals surface area (Å²) in [5, 5.41) is 23.0. The third kappa shape index (κ3) is 7.22. The second-order valence-corrected chi connectivity index (χ2v) is 6.13. The number of rotatable bonds is 9. The number of aliphatic imine (C=N–C) groups is 1. The summed E-state index contributed by atoms with van der Waals surface area (Å²) < 4.78 is 5.38. The molecule has 2 rings (SSSR count). The van der Waals surface area contributed by atoms with E-state index in [1.807, 2.05) is 20.8 Å². The van der Waals surface area contributed by atoms with Crippen molar-refractivity contribution in [2.75, 3.05) is 19.6 Å². The lowest BCUT2D eigenvalue weighted by molar-refractivity contribution is 0.0951. The van der Waals surface area contributed by atoms with E-state index in [1.165, 1.54) is 6.07 Å². The minimum absolute atomic E-state index is 0. The first kappa shape index (κ1) is 24.7. The molecular weight excluding hydrogens is 485 g/mol. The van der Waals surface area contributed by atoms with Crippen LogP contribution in [0.5, 0.6) is 5.75 Å². The van der Waals surface area contributed by atoms with E-state index in [0.717, 1.165) is 36.4 Å². The molecule has 0 fully saturated rings. The fourth-order valence-corrected chi connectivity index (χ4v) is 2.73. The van der Waals surface area contributed by atoms with Gasteiger partial charge in [0.15, 0.2) is 5.96 Å². The molecule has 1 heterocycles. The highest BCUT2D eigenvalue weighted by Crippen LogP contribution is 2.17. The second kappa shape index (κ2) is 13.0. The minimum Gasteiger partial charge on any atom is -0.507 e. The molecule has 0 unspecified atom stereocenters. The van der Waals surface area contributed by atoms with Gasteiger partial charge in [0.05, 0.1) is 17.8 Å². The highest BCUT2D eigenvalue weighted by Gasteiger charge is 2.13. The number of phenols is 1. The first-order valence-electron chi connectivity index (χ1n) is 9.65. The summed E-state index contributed by atoms with van der Waals surface area (Å²) in [7, 11) is 0. The molecule has 29 heavy (non-hydrogen) atoms. The average Bonchev–Trinajstić information content (AvgIpc) is 3.11. The van der Waals surface area contributed by atoms with Crippen LogP contribution in [0.1, 0.15) is 48.1 Å². The highest BCUT2D eigenvalue weighted by atomic mass is 127. The lowest BCUT2D eigenvalue weighted by Gasteiger charge is -2.12. The van der Waals surface area contributed by atoms with Gasteiger partial charge in [0.1, 0.15) is 11.5 Å². The van der Waals surface area contributed by atoms with Gasteiger partial charge in [-0.3, -0.25) is 4.79 Å². The number of hydrogen-bond acceptors (Lipinski definition) is 5. The van der Waals surface area contributed by atoms with Crippen LogP contribution in [0.2, 0.25) is 0 Å². The van der Waals surface area contributed by atoms with Crippen LogP contribution >= 0.6 is 24.0 Å². The van der Waals surface area contributed by atoms with Gasteiger partial charge in [-0.1, -0.05) is 31.1 Å². The number of benzene rings is 1. The second-order valence-electron chi connectivity index (χ2n) is 6.13. The van der Waals surface area contributed by atoms with Crippen molar-refractivity contribution in [3.63, 3.8) is 0 Å². The predicted molar refractivity (Wildman–Crippen MR) is 124 cm³/mol. The van der Waals surface area contributed by atoms with Crippen LogP contribution in [-0.2, 0) is 19.4 Å². The van der Waals surface area contributed by atoms with E-state index in [9.17, 15) is 9.90 Å². The van der Waals surface area contributed by atoms with E-state index in [4.69, 9.17) is 4.52 Å². The van der Waals surface area contributed by atoms with E-state index >= 15 is 0 Å². The number of hydrogen-bond donors (Lipinski definition) is 4. The Kier molecular flexibility index (Phi) is 11.1. The molecule has 0 aliphatic rings. The van der Waals surface area contributed by atoms with Gasteiger partial charge in [-0.15, -0.1) is 24.0 Å². The predicted octanol–water partition coefficient (Wildman–Crippen LogP) is 2.61. The van der Waals surface area contributed by atoms with Gasteiger partial charge in [-0.2, -0.15) is 0 Å². The molecule has 0 bridgehead atoms. The van der Waals surface area contributed by atoms with Crippen molar-refractivity contribution < 1.29 is 14.4 Å². The van der Waals surface area contributed by atoms with E-state index in [-0.39, 0.29) is 41.2 Å². The number of guanidine groups is 1. The van der Waals surface area contributed by atoms with Gasteiger partial charge in [0.2, 0.25) is 0 Å². The Balaban J connectivity index is 0.00000420. The fourth-order valence-electron chi connectivity index (χ4n) is 2.73. The lowest BCUT2D eigenvalue weighted by Crippen LogP contribution is -2.41. The Hall–Kier alpha value is -2.30. The zero-order chi connectivity index (χ0) is 20.4. The number of aromatic nitrogens is 1. The van der Waals surface area contributed by atoms with Gasteiger partial charge in [-0.05, 0) is 25.5 Å². The van der Waals surface area contributed by atoms with Gasteiger partial charge in [0.25, 0.3) is 5.91 Å². The molecule has 0 saturated carbocycles. The van der Waals surface area contributed by atoms with E-state index < -0.39 is 0 Å². The number of phenolic OH excluding ortho intramolecular Hbond substituents is 1. The topological polar surface area (TPSA) is 112 Å². The largest absolute Gasteiger partial charge is 0.507 e. The number of nitrogens with zero attached hydrogens (tertiary/aromatic N) is 2. The van der Waals surface area contributed by atoms with E-state index in [1.54, 1.807) is 18.2 Å². The van der Waals surface area contributed by atoms with Gasteiger partial charge < -0.3 is 25.6 Å². The zero-order valence-electron chi connectivity index (χ0n) is 17.1. The summed E-state index contributed by atoms with van der Waals surface area (Å²) >= 11 is 0. The maximum absolute atomic E-state index is 12.1. The third-order valence-corrected chi connectivity index (χ3v) is 4.20. The summed E-state index contributed by atoms with van der Waals surface area (Å²) in [5.41, 5.74) is 2.23. The van der Waals surface area contributed by atoms with Gasteiger partial charge in [0, 0.05) is 31.6 Å². The van der Waals surface area contributed by atoms with Gasteiger partial charge in [-0.25, -0.2) is 4.99 Å². The van der Waals surface area contributed by atoms with Crippen molar-refractivity contribution >= 4 is 35.8 Å². The Morgan fingerprint density at radius 1 is 1.10 bits per heavy atom. The molecule has 0 aliphatic heterocycles. The summed E-state index contributed by atoms with van der Waals surface area (Å²) in [4.78, 5) is 16.7. The minimum atomic E-state index is -0.313. The van der Waals surface area contributed by atoms with Crippen molar-refractivity contribution in [1.82, 2.24) is 21.1 Å². The molecule has 9 heteroatoms. The first-order valence-corrected chi connectivity index (χ1v) is 9.65. The van der Waals surface area contributed by atoms with Crippen molar-refractivity contribution in [2.45, 2.75) is 40.2 Å². The molecule has 1 aromatic carbocycles. The maximum atomic E-state index is 12.1. The summed E-state index contributed by atoms with van der Waals surface area (Å²) in [5.74, 6) is 1.18. The van der Waals surface area contributed by atoms with Crippen LogP contribution in [0.25, 0.3) is 0 Å². The van der Waals surface area contributed by atoms with Crippen LogP contribution in [0.3, 0.4) is 0 Å². The Labute approximate surface area is 188 Å². The van der Waals surface area contributed by atoms with Crippen molar-refractivity contribution in [1.29, 1.82) is 0 Å². The Morgan fingerprint density at radius 2 is 1.83 bits per heavy atom. The number of aryl methyl sites for hydroxylation is 2. The average molecular weight is 515 g/mol. The highest BCUT2D eigenvalue weighted by molar-refractivity contribution is 14.0. The lowest BCUT2D eigenvalue weighted by atomic mass is 10.1. The first-order chi connectivity index (χ1) is 13.6. The van der Waals surface area contributed by atoms with E-state index in [2.05, 4.69) is 26.1 Å². The number of amides is 1. The molecular formula is C20H30IN5O3. The molecule has 0 aliphatic carbocycles. The maximum Gasteiger partial charge on any atom is 0.255 e. The van der Waals surface area contributed by atoms with Crippen LogP contribution in [-0.4, -0.2) is 41.8 Å². The molecule has 2 aromatic rings. The molecule has 0 saturated heterocycles. The van der Waals surface area contributed by atoms with Crippen LogP contribution in [0.15, 0.2) is 33.8 Å². The van der Waals surface area contributed by atoms with Crippen LogP contribution in [0.4, 0.5) is 0 Å². The zero-order valence-corrected chi connectivity index (χ0v) is 19.4. The number of para-hydroxylation sites is 1. The Bertz CT molecular complexity index is 786. The molecule has 1 amide bonds. The monoisotopic (exact) mass is 515 g/mol. The number of nitrogens with one attached hydrogen (secondary N) is 3. The smallest absolute Gasteiger partial charge is 0.255 e. The summed E-state index contributed by atoms with van der Waals surface area (Å²) in [6.45, 7) is 8.16. The van der Waals surface area contributed by atoms with E-state index in [0.29, 0.717) is 25.6 Å². The molecule has 0 spiro atoms. The molecule has 160 valence electrons. The molecule has 0 atom stereocenters. The number of carbonyl (C=O) groups is 1. The Morgan fingerprint density at radius 3 is 2.48 bits per heavy atom. The SMILES string of the molecule is CCNC(=NCc1c(CC)noc1CC)NCCNC(=O)c1ccccc1O.I. The van der Waals surface area contributed by atoms with Gasteiger partial charge >= 0.3 is 0 Å². The number of carbonyl (C=O) groups excluding carboxylic acids is 1. The quantitative estimate of drug-likeness (QED) is 0.177. The van der Waals surface area contributed by atoms with Crippen LogP contribution in [0, 0.1) is 0 Å². The molecule has 1 aromatic heterocycles. The molecule has 0 radical (unpaired) electrons. The van der Waals surface area contributed by atoms with Crippen LogP contribution < -0.4 is 16.0 Å². The van der Waals surface area contributed by atoms with Crippen molar-refractivity contribution in [3.8, 4) is 5.75 Å². The normalized spacial score (nSPS) is 10.9. The third-order valence-electron chi connectivity index (χ3n) is 4.20. The summed E-state index contributed by atoms with van der Waals surface area (Å²) in [6.07, 6.45) is 1.58. The van der Waals surface area contributed by atoms with Crippen molar-refractivity contribution in [3.05, 3.63) is 46.8 Å². The number of halogens is 1. The summed E-state index contributed by atoms with van der Waals surface area (Å²) in [6, 6.07) is 6.46.